The van der Waals surface area contributed by atoms with Crippen LogP contribution in [-0.2, 0) is 16.2 Å². The van der Waals surface area contributed by atoms with Crippen LogP contribution < -0.4 is 10.1 Å². The monoisotopic (exact) mass is 547 g/mol. The van der Waals surface area contributed by atoms with E-state index in [1.807, 2.05) is 0 Å². The van der Waals surface area contributed by atoms with E-state index in [9.17, 15) is 23.8 Å². The van der Waals surface area contributed by atoms with Crippen molar-refractivity contribution >= 4 is 37.5 Å². The van der Waals surface area contributed by atoms with Crippen molar-refractivity contribution in [2.24, 2.45) is 10.4 Å². The Morgan fingerprint density at radius 3 is 2.66 bits per heavy atom. The fourth-order valence-corrected chi connectivity index (χ4v) is 4.25. The van der Waals surface area contributed by atoms with Gasteiger partial charge in [-0.25, -0.2) is 23.6 Å². The van der Waals surface area contributed by atoms with Crippen LogP contribution in [0.3, 0.4) is 0 Å². The maximum absolute atomic E-state index is 15.0. The van der Waals surface area contributed by atoms with E-state index in [1.54, 1.807) is 6.92 Å². The summed E-state index contributed by atoms with van der Waals surface area (Å²) in [4.78, 5) is 20.4. The Morgan fingerprint density at radius 2 is 2.05 bits per heavy atom. The Morgan fingerprint density at radius 1 is 1.32 bits per heavy atom. The lowest BCUT2D eigenvalue weighted by Gasteiger charge is -2.30. The summed E-state index contributed by atoms with van der Waals surface area (Å²) >= 11 is 0. The van der Waals surface area contributed by atoms with Crippen molar-refractivity contribution in [2.75, 3.05) is 31.7 Å². The maximum Gasteiger partial charge on any atom is 0.338 e. The normalized spacial score (nSPS) is 17.4. The minimum Gasteiger partial charge on any atom is -0.478 e. The smallest absolute Gasteiger partial charge is 0.338 e. The molecule has 0 amide bonds. The SMILES string of the molecule is C[Si](C)CCOCn1cc(C(=O)O)c2c(Oc3c(F)cc(NC4=NCC(C)(CO)CO4)cc3F)ccnc21. The highest BCUT2D eigenvalue weighted by Gasteiger charge is 2.29. The van der Waals surface area contributed by atoms with Crippen LogP contribution in [0.5, 0.6) is 11.5 Å². The molecule has 0 spiro atoms. The molecular weight excluding hydrogens is 518 g/mol. The molecule has 1 unspecified atom stereocenters. The third-order valence-electron chi connectivity index (χ3n) is 5.93. The van der Waals surface area contributed by atoms with Gasteiger partial charge in [0.25, 0.3) is 6.02 Å². The fourth-order valence-electron chi connectivity index (χ4n) is 3.70. The molecule has 0 saturated carbocycles. The number of fused-ring (bicyclic) bond motifs is 1. The molecule has 1 atom stereocenters. The number of amidine groups is 1. The van der Waals surface area contributed by atoms with Crippen molar-refractivity contribution in [3.8, 4) is 11.5 Å². The van der Waals surface area contributed by atoms with E-state index in [-0.39, 0.29) is 60.5 Å². The standard InChI is InChI=1S/C25H29F2N4O6Si/c1-25(12-32)11-29-24(36-13-25)30-15-8-17(26)21(18(27)9-15)37-19-4-5-28-22-20(19)16(23(33)34)10-31(22)14-35-6-7-38(2)3/h4-5,8-10,32H,6-7,11-14H2,1-3H3,(H,29,30)(H,33,34). The first kappa shape index (κ1) is 27.5. The van der Waals surface area contributed by atoms with Crippen LogP contribution in [0.1, 0.15) is 17.3 Å². The van der Waals surface area contributed by atoms with Crippen LogP contribution in [0, 0.1) is 17.0 Å². The molecule has 3 N–H and O–H groups in total. The Labute approximate surface area is 219 Å². The number of aliphatic hydroxyl groups is 1. The molecule has 2 aromatic heterocycles. The third kappa shape index (κ3) is 6.11. The van der Waals surface area contributed by atoms with Gasteiger partial charge in [0.05, 0.1) is 24.1 Å². The van der Waals surface area contributed by atoms with Gasteiger partial charge in [-0.2, -0.15) is 0 Å². The van der Waals surface area contributed by atoms with E-state index in [0.29, 0.717) is 6.61 Å². The van der Waals surface area contributed by atoms with E-state index >= 15 is 0 Å². The zero-order chi connectivity index (χ0) is 27.4. The molecular formula is C25H29F2N4O6Si. The summed E-state index contributed by atoms with van der Waals surface area (Å²) in [6, 6.07) is 4.37. The van der Waals surface area contributed by atoms with Crippen molar-refractivity contribution < 1.29 is 38.0 Å². The molecule has 13 heteroatoms. The number of anilines is 1. The van der Waals surface area contributed by atoms with Gasteiger partial charge in [-0.1, -0.05) is 20.0 Å². The number of rotatable bonds is 10. The number of benzene rings is 1. The number of pyridine rings is 1. The Hall–Kier alpha value is -3.55. The Balaban J connectivity index is 1.58. The highest BCUT2D eigenvalue weighted by molar-refractivity contribution is 6.55. The third-order valence-corrected chi connectivity index (χ3v) is 7.14. The van der Waals surface area contributed by atoms with Crippen LogP contribution >= 0.6 is 0 Å². The van der Waals surface area contributed by atoms with Gasteiger partial charge < -0.3 is 34.3 Å². The largest absolute Gasteiger partial charge is 0.478 e. The summed E-state index contributed by atoms with van der Waals surface area (Å²) < 4.78 is 48.2. The molecule has 10 nitrogen and oxygen atoms in total. The molecule has 4 rings (SSSR count). The summed E-state index contributed by atoms with van der Waals surface area (Å²) in [6.45, 7) is 7.09. The van der Waals surface area contributed by atoms with Gasteiger partial charge in [-0.05, 0) is 12.1 Å². The van der Waals surface area contributed by atoms with E-state index < -0.39 is 37.6 Å². The minimum absolute atomic E-state index is 0.0387. The summed E-state index contributed by atoms with van der Waals surface area (Å²) in [6.07, 6.45) is 2.73. The average molecular weight is 548 g/mol. The average Bonchev–Trinajstić information content (AvgIpc) is 3.25. The first-order valence-electron chi connectivity index (χ1n) is 11.9. The molecule has 0 bridgehead atoms. The Kier molecular flexibility index (Phi) is 8.28. The first-order chi connectivity index (χ1) is 18.1. The van der Waals surface area contributed by atoms with Crippen molar-refractivity contribution in [1.82, 2.24) is 9.55 Å². The van der Waals surface area contributed by atoms with Crippen molar-refractivity contribution in [2.45, 2.75) is 32.8 Å². The molecule has 203 valence electrons. The summed E-state index contributed by atoms with van der Waals surface area (Å²) in [5.74, 6) is -4.06. The number of nitrogens with zero attached hydrogens (tertiary/aromatic N) is 3. The molecule has 0 fully saturated rings. The number of carboxylic acids is 1. The van der Waals surface area contributed by atoms with Crippen LogP contribution in [0.4, 0.5) is 14.5 Å². The molecule has 1 radical (unpaired) electrons. The molecule has 3 heterocycles. The fraction of sp³-hybridized carbons (Fsp3) is 0.400. The number of nitrogens with one attached hydrogen (secondary N) is 1. The number of carbonyl (C=O) groups is 1. The minimum atomic E-state index is -1.25. The van der Waals surface area contributed by atoms with Gasteiger partial charge in [0, 0.05) is 51.0 Å². The van der Waals surface area contributed by atoms with Crippen molar-refractivity contribution in [3.63, 3.8) is 0 Å². The molecule has 0 saturated heterocycles. The predicted molar refractivity (Wildman–Crippen MR) is 138 cm³/mol. The van der Waals surface area contributed by atoms with Crippen LogP contribution in [0.25, 0.3) is 11.0 Å². The topological polar surface area (TPSA) is 127 Å². The summed E-state index contributed by atoms with van der Waals surface area (Å²) in [7, 11) is -0.467. The van der Waals surface area contributed by atoms with E-state index in [0.717, 1.165) is 18.2 Å². The van der Waals surface area contributed by atoms with Gasteiger partial charge >= 0.3 is 5.97 Å². The highest BCUT2D eigenvalue weighted by Crippen LogP contribution is 2.36. The van der Waals surface area contributed by atoms with E-state index in [1.165, 1.54) is 23.0 Å². The predicted octanol–water partition coefficient (Wildman–Crippen LogP) is 4.33. The number of hydrogen-bond acceptors (Lipinski definition) is 8. The number of aromatic carboxylic acids is 1. The van der Waals surface area contributed by atoms with Crippen molar-refractivity contribution in [1.29, 1.82) is 0 Å². The molecule has 38 heavy (non-hydrogen) atoms. The summed E-state index contributed by atoms with van der Waals surface area (Å²) in [5, 5.41) is 22.0. The Bertz CT molecular complexity index is 1340. The van der Waals surface area contributed by atoms with Crippen molar-refractivity contribution in [3.05, 3.63) is 47.8 Å². The number of hydrogen-bond donors (Lipinski definition) is 3. The lowest BCUT2D eigenvalue weighted by molar-refractivity contribution is 0.0695. The van der Waals surface area contributed by atoms with Gasteiger partial charge in [0.15, 0.2) is 17.4 Å². The van der Waals surface area contributed by atoms with Gasteiger partial charge in [-0.15, -0.1) is 0 Å². The second kappa shape index (κ2) is 11.5. The molecule has 1 aromatic carbocycles. The molecule has 1 aliphatic heterocycles. The zero-order valence-electron chi connectivity index (χ0n) is 21.3. The van der Waals surface area contributed by atoms with Crippen LogP contribution in [-0.4, -0.2) is 66.9 Å². The van der Waals surface area contributed by atoms with E-state index in [4.69, 9.17) is 14.2 Å². The number of ether oxygens (including phenoxy) is 3. The number of halogens is 2. The van der Waals surface area contributed by atoms with Gasteiger partial charge in [0.2, 0.25) is 0 Å². The number of aliphatic hydroxyl groups excluding tert-OH is 1. The zero-order valence-corrected chi connectivity index (χ0v) is 22.3. The highest BCUT2D eigenvalue weighted by atomic mass is 28.3. The second-order valence-electron chi connectivity index (χ2n) is 9.69. The second-order valence-corrected chi connectivity index (χ2v) is 12.6. The molecule has 0 aliphatic carbocycles. The van der Waals surface area contributed by atoms with E-state index in [2.05, 4.69) is 28.4 Å². The molecule has 1 aliphatic rings. The van der Waals surface area contributed by atoms with Gasteiger partial charge in [0.1, 0.15) is 24.7 Å². The quantitative estimate of drug-likeness (QED) is 0.253. The summed E-state index contributed by atoms with van der Waals surface area (Å²) in [5.41, 5.74) is -0.370. The van der Waals surface area contributed by atoms with Crippen LogP contribution in [0.2, 0.25) is 19.1 Å². The first-order valence-corrected chi connectivity index (χ1v) is 14.6. The lowest BCUT2D eigenvalue weighted by atomic mass is 9.93. The lowest BCUT2D eigenvalue weighted by Crippen LogP contribution is -2.38. The number of carboxylic acid groups (broad SMARTS) is 1. The van der Waals surface area contributed by atoms with Crippen LogP contribution in [0.15, 0.2) is 35.6 Å². The molecule has 3 aromatic rings. The number of aliphatic imine (C=N–C) groups is 1. The number of aromatic nitrogens is 2. The maximum atomic E-state index is 15.0. The van der Waals surface area contributed by atoms with Gasteiger partial charge in [-0.3, -0.25) is 0 Å².